The molecule has 0 spiro atoms. The molecule has 3 rings (SSSR count). The fourth-order valence-corrected chi connectivity index (χ4v) is 2.97. The number of carbonyl (C=O) groups is 1. The minimum absolute atomic E-state index is 0.0653. The van der Waals surface area contributed by atoms with Gasteiger partial charge in [0.05, 0.1) is 23.4 Å². The minimum atomic E-state index is -0.960. The molecule has 0 unspecified atom stereocenters. The van der Waals surface area contributed by atoms with Gasteiger partial charge in [-0.1, -0.05) is 39.0 Å². The molecule has 0 aliphatic rings. The van der Waals surface area contributed by atoms with Gasteiger partial charge in [-0.2, -0.15) is 0 Å². The third kappa shape index (κ3) is 3.40. The summed E-state index contributed by atoms with van der Waals surface area (Å²) < 4.78 is 5.68. The molecule has 1 aromatic heterocycles. The molecular weight excluding hydrogens is 326 g/mol. The number of rotatable bonds is 4. The predicted octanol–water partition coefficient (Wildman–Crippen LogP) is 5.30. The Hall–Kier alpha value is -2.88. The smallest absolute Gasteiger partial charge is 0.336 e. The molecule has 1 N–H and O–H groups in total. The molecule has 4 nitrogen and oxygen atoms in total. The van der Waals surface area contributed by atoms with Crippen LogP contribution < -0.4 is 4.74 Å². The van der Waals surface area contributed by atoms with E-state index in [9.17, 15) is 9.90 Å². The van der Waals surface area contributed by atoms with Crippen molar-refractivity contribution < 1.29 is 14.6 Å². The van der Waals surface area contributed by atoms with E-state index in [0.717, 1.165) is 11.1 Å². The van der Waals surface area contributed by atoms with E-state index in [2.05, 4.69) is 20.8 Å². The second-order valence-electron chi connectivity index (χ2n) is 7.27. The van der Waals surface area contributed by atoms with E-state index in [0.29, 0.717) is 29.0 Å². The SMILES string of the molecule is CCOc1ccccc1-c1cc(C(=O)O)c2cc(C(C)(C)C)ccc2n1. The number of nitrogens with zero attached hydrogens (tertiary/aromatic N) is 1. The molecule has 0 amide bonds. The molecule has 134 valence electrons. The Morgan fingerprint density at radius 2 is 1.85 bits per heavy atom. The van der Waals surface area contributed by atoms with Gasteiger partial charge in [-0.3, -0.25) is 0 Å². The number of aromatic carboxylic acids is 1. The summed E-state index contributed by atoms with van der Waals surface area (Å²) in [6.07, 6.45) is 0. The quantitative estimate of drug-likeness (QED) is 0.695. The van der Waals surface area contributed by atoms with Crippen LogP contribution in [0.2, 0.25) is 0 Å². The Morgan fingerprint density at radius 1 is 1.12 bits per heavy atom. The summed E-state index contributed by atoms with van der Waals surface area (Å²) in [5, 5.41) is 10.4. The second kappa shape index (κ2) is 6.79. The van der Waals surface area contributed by atoms with Crippen LogP contribution in [0, 0.1) is 0 Å². The first-order valence-electron chi connectivity index (χ1n) is 8.72. The number of carboxylic acid groups (broad SMARTS) is 1. The highest BCUT2D eigenvalue weighted by molar-refractivity contribution is 6.04. The summed E-state index contributed by atoms with van der Waals surface area (Å²) in [4.78, 5) is 16.6. The average Bonchev–Trinajstić information content (AvgIpc) is 2.60. The number of para-hydroxylation sites is 1. The number of pyridine rings is 1. The highest BCUT2D eigenvalue weighted by Crippen LogP contribution is 2.33. The van der Waals surface area contributed by atoms with Gasteiger partial charge < -0.3 is 9.84 Å². The van der Waals surface area contributed by atoms with E-state index in [1.54, 1.807) is 6.07 Å². The zero-order valence-corrected chi connectivity index (χ0v) is 15.5. The van der Waals surface area contributed by atoms with E-state index in [1.807, 2.05) is 49.4 Å². The Kier molecular flexibility index (Phi) is 4.68. The molecule has 4 heteroatoms. The Labute approximate surface area is 153 Å². The molecule has 3 aromatic rings. The van der Waals surface area contributed by atoms with Gasteiger partial charge in [0.15, 0.2) is 0 Å². The number of carboxylic acids is 1. The van der Waals surface area contributed by atoms with Gasteiger partial charge in [0, 0.05) is 10.9 Å². The van der Waals surface area contributed by atoms with E-state index in [-0.39, 0.29) is 11.0 Å². The zero-order chi connectivity index (χ0) is 18.9. The maximum absolute atomic E-state index is 11.9. The van der Waals surface area contributed by atoms with Crippen molar-refractivity contribution in [2.24, 2.45) is 0 Å². The first-order valence-corrected chi connectivity index (χ1v) is 8.72. The lowest BCUT2D eigenvalue weighted by molar-refractivity contribution is 0.0699. The van der Waals surface area contributed by atoms with Crippen LogP contribution >= 0.6 is 0 Å². The summed E-state index contributed by atoms with van der Waals surface area (Å²) in [6.45, 7) is 8.77. The molecule has 0 aliphatic carbocycles. The number of benzene rings is 2. The van der Waals surface area contributed by atoms with Crippen molar-refractivity contribution in [3.05, 3.63) is 59.7 Å². The van der Waals surface area contributed by atoms with Crippen molar-refractivity contribution in [2.75, 3.05) is 6.61 Å². The van der Waals surface area contributed by atoms with Crippen LogP contribution in [0.4, 0.5) is 0 Å². The fraction of sp³-hybridized carbons (Fsp3) is 0.273. The van der Waals surface area contributed by atoms with Crippen LogP contribution in [-0.2, 0) is 5.41 Å². The summed E-state index contributed by atoms with van der Waals surface area (Å²) in [5.41, 5.74) is 3.32. The zero-order valence-electron chi connectivity index (χ0n) is 15.5. The number of hydrogen-bond donors (Lipinski definition) is 1. The molecule has 0 aliphatic heterocycles. The summed E-state index contributed by atoms with van der Waals surface area (Å²) in [6, 6.07) is 15.0. The van der Waals surface area contributed by atoms with E-state index in [1.165, 1.54) is 0 Å². The molecule has 26 heavy (non-hydrogen) atoms. The lowest BCUT2D eigenvalue weighted by Crippen LogP contribution is -2.11. The second-order valence-corrected chi connectivity index (χ2v) is 7.27. The average molecular weight is 349 g/mol. The van der Waals surface area contributed by atoms with Crippen molar-refractivity contribution >= 4 is 16.9 Å². The van der Waals surface area contributed by atoms with Crippen molar-refractivity contribution in [1.29, 1.82) is 0 Å². The number of hydrogen-bond acceptors (Lipinski definition) is 3. The van der Waals surface area contributed by atoms with Crippen LogP contribution in [0.3, 0.4) is 0 Å². The molecule has 1 heterocycles. The van der Waals surface area contributed by atoms with Gasteiger partial charge in [0.1, 0.15) is 5.75 Å². The van der Waals surface area contributed by atoms with Crippen molar-refractivity contribution in [2.45, 2.75) is 33.1 Å². The van der Waals surface area contributed by atoms with Gasteiger partial charge >= 0.3 is 5.97 Å². The Balaban J connectivity index is 2.26. The highest BCUT2D eigenvalue weighted by atomic mass is 16.5. The van der Waals surface area contributed by atoms with Gasteiger partial charge in [-0.15, -0.1) is 0 Å². The molecule has 0 atom stereocenters. The van der Waals surface area contributed by atoms with Gasteiger partial charge in [-0.25, -0.2) is 9.78 Å². The van der Waals surface area contributed by atoms with Crippen molar-refractivity contribution in [3.63, 3.8) is 0 Å². The third-order valence-corrected chi connectivity index (χ3v) is 4.37. The lowest BCUT2D eigenvalue weighted by atomic mass is 9.86. The molecule has 0 saturated carbocycles. The predicted molar refractivity (Wildman–Crippen MR) is 104 cm³/mol. The molecule has 0 bridgehead atoms. The maximum Gasteiger partial charge on any atom is 0.336 e. The molecule has 0 fully saturated rings. The number of fused-ring (bicyclic) bond motifs is 1. The van der Waals surface area contributed by atoms with Crippen LogP contribution in [0.1, 0.15) is 43.6 Å². The van der Waals surface area contributed by atoms with E-state index < -0.39 is 5.97 Å². The Bertz CT molecular complexity index is 971. The molecule has 0 radical (unpaired) electrons. The van der Waals surface area contributed by atoms with Gasteiger partial charge in [0.2, 0.25) is 0 Å². The first kappa shape index (κ1) is 17.9. The van der Waals surface area contributed by atoms with Crippen LogP contribution in [0.25, 0.3) is 22.2 Å². The third-order valence-electron chi connectivity index (χ3n) is 4.37. The van der Waals surface area contributed by atoms with Crippen LogP contribution in [0.15, 0.2) is 48.5 Å². The summed E-state index contributed by atoms with van der Waals surface area (Å²) in [7, 11) is 0. The summed E-state index contributed by atoms with van der Waals surface area (Å²) in [5.74, 6) is -0.261. The monoisotopic (exact) mass is 349 g/mol. The minimum Gasteiger partial charge on any atom is -0.493 e. The summed E-state index contributed by atoms with van der Waals surface area (Å²) >= 11 is 0. The fourth-order valence-electron chi connectivity index (χ4n) is 2.97. The lowest BCUT2D eigenvalue weighted by Gasteiger charge is -2.20. The number of aromatic nitrogens is 1. The molecule has 2 aromatic carbocycles. The van der Waals surface area contributed by atoms with Crippen molar-refractivity contribution in [3.8, 4) is 17.0 Å². The highest BCUT2D eigenvalue weighted by Gasteiger charge is 2.19. The normalized spacial score (nSPS) is 11.5. The van der Waals surface area contributed by atoms with Crippen LogP contribution in [0.5, 0.6) is 5.75 Å². The van der Waals surface area contributed by atoms with Gasteiger partial charge in [0.25, 0.3) is 0 Å². The van der Waals surface area contributed by atoms with Crippen LogP contribution in [-0.4, -0.2) is 22.7 Å². The largest absolute Gasteiger partial charge is 0.493 e. The Morgan fingerprint density at radius 3 is 2.50 bits per heavy atom. The molecular formula is C22H23NO3. The van der Waals surface area contributed by atoms with E-state index >= 15 is 0 Å². The standard InChI is InChI=1S/C22H23NO3/c1-5-26-20-9-7-6-8-15(20)19-13-17(21(24)25)16-12-14(22(2,3)4)10-11-18(16)23-19/h6-13H,5H2,1-4H3,(H,24,25). The van der Waals surface area contributed by atoms with Crippen molar-refractivity contribution in [1.82, 2.24) is 4.98 Å². The number of ether oxygens (including phenoxy) is 1. The topological polar surface area (TPSA) is 59.4 Å². The first-order chi connectivity index (χ1) is 12.3. The molecule has 0 saturated heterocycles. The van der Waals surface area contributed by atoms with Gasteiger partial charge in [-0.05, 0) is 48.2 Å². The van der Waals surface area contributed by atoms with E-state index in [4.69, 9.17) is 9.72 Å². The maximum atomic E-state index is 11.9.